The van der Waals surface area contributed by atoms with Crippen LogP contribution in [0.25, 0.3) is 10.4 Å². The Hall–Kier alpha value is -3.89. The smallest absolute Gasteiger partial charge is 0.338 e. The van der Waals surface area contributed by atoms with E-state index in [4.69, 9.17) is 15.0 Å². The topological polar surface area (TPSA) is 168 Å². The highest BCUT2D eigenvalue weighted by molar-refractivity contribution is 5.92. The van der Waals surface area contributed by atoms with Gasteiger partial charge >= 0.3 is 11.7 Å². The zero-order valence-electron chi connectivity index (χ0n) is 16.8. The van der Waals surface area contributed by atoms with Crippen molar-refractivity contribution in [3.05, 3.63) is 72.9 Å². The first-order valence-corrected chi connectivity index (χ1v) is 9.35. The Morgan fingerprint density at radius 1 is 1.35 bits per heavy atom. The number of ether oxygens (including phenoxy) is 2. The van der Waals surface area contributed by atoms with Gasteiger partial charge in [0.1, 0.15) is 18.9 Å². The molecule has 12 heteroatoms. The summed E-state index contributed by atoms with van der Waals surface area (Å²) in [7, 11) is 0. The van der Waals surface area contributed by atoms with Gasteiger partial charge in [0.25, 0.3) is 5.56 Å². The van der Waals surface area contributed by atoms with Crippen molar-refractivity contribution in [3.8, 4) is 0 Å². The van der Waals surface area contributed by atoms with E-state index in [1.165, 1.54) is 29.8 Å². The Morgan fingerprint density at radius 2 is 2.06 bits per heavy atom. The van der Waals surface area contributed by atoms with Gasteiger partial charge in [-0.2, -0.15) is 0 Å². The van der Waals surface area contributed by atoms with E-state index in [1.54, 1.807) is 19.1 Å². The van der Waals surface area contributed by atoms with Crippen molar-refractivity contribution in [3.63, 3.8) is 0 Å². The molecule has 0 spiro atoms. The lowest BCUT2D eigenvalue weighted by atomic mass is 10.1. The first kappa shape index (κ1) is 21.8. The number of azide groups is 1. The van der Waals surface area contributed by atoms with Crippen molar-refractivity contribution in [2.45, 2.75) is 38.6 Å². The van der Waals surface area contributed by atoms with Crippen LogP contribution in [0.1, 0.15) is 35.5 Å². The van der Waals surface area contributed by atoms with Gasteiger partial charge in [-0.1, -0.05) is 5.11 Å². The molecule has 12 nitrogen and oxygen atoms in total. The van der Waals surface area contributed by atoms with Gasteiger partial charge in [0.05, 0.1) is 11.6 Å². The van der Waals surface area contributed by atoms with Crippen LogP contribution in [0, 0.1) is 6.92 Å². The van der Waals surface area contributed by atoms with Crippen molar-refractivity contribution in [1.82, 2.24) is 9.55 Å². The van der Waals surface area contributed by atoms with E-state index in [0.29, 0.717) is 11.3 Å². The number of carbonyl (C=O) groups excluding carboxylic acids is 2. The number of hydrogen-bond donors (Lipinski definition) is 2. The molecule has 0 radical (unpaired) electrons. The third kappa shape index (κ3) is 5.18. The van der Waals surface area contributed by atoms with Gasteiger partial charge < -0.3 is 14.8 Å². The van der Waals surface area contributed by atoms with E-state index in [-0.39, 0.29) is 24.5 Å². The van der Waals surface area contributed by atoms with Gasteiger partial charge in [-0.25, -0.2) is 9.59 Å². The number of H-pyrrole nitrogens is 1. The molecule has 0 aliphatic carbocycles. The maximum absolute atomic E-state index is 12.3. The van der Waals surface area contributed by atoms with Crippen molar-refractivity contribution in [1.29, 1.82) is 0 Å². The molecule has 1 aromatic carbocycles. The van der Waals surface area contributed by atoms with Crippen molar-refractivity contribution < 1.29 is 19.1 Å². The van der Waals surface area contributed by atoms with Gasteiger partial charge in [0, 0.05) is 35.7 Å². The first-order chi connectivity index (χ1) is 14.8. The molecular formula is C19H20N6O6. The summed E-state index contributed by atoms with van der Waals surface area (Å²) in [5.74, 6) is -0.859. The molecule has 1 aliphatic rings. The molecule has 1 saturated heterocycles. The summed E-state index contributed by atoms with van der Waals surface area (Å²) in [6.07, 6.45) is -0.0329. The SMILES string of the molecule is CC(=O)Nc1ccc(C(=O)OCC2OC(n3cc(C)c(=O)[nH]c3=O)CC2N=[N+]=[N-])cc1. The van der Waals surface area contributed by atoms with Gasteiger partial charge in [0.15, 0.2) is 0 Å². The van der Waals surface area contributed by atoms with Crippen LogP contribution in [0.15, 0.2) is 45.2 Å². The molecule has 162 valence electrons. The number of aromatic amines is 1. The van der Waals surface area contributed by atoms with Crippen LogP contribution in [0.5, 0.6) is 0 Å². The highest BCUT2D eigenvalue weighted by Gasteiger charge is 2.37. The van der Waals surface area contributed by atoms with Crippen LogP contribution in [0.4, 0.5) is 5.69 Å². The molecule has 2 N–H and O–H groups in total. The van der Waals surface area contributed by atoms with Crippen molar-refractivity contribution in [2.75, 3.05) is 11.9 Å². The van der Waals surface area contributed by atoms with Crippen LogP contribution < -0.4 is 16.6 Å². The van der Waals surface area contributed by atoms with E-state index in [1.807, 2.05) is 0 Å². The molecule has 0 saturated carbocycles. The minimum Gasteiger partial charge on any atom is -0.459 e. The number of benzene rings is 1. The average Bonchev–Trinajstić information content (AvgIpc) is 3.12. The van der Waals surface area contributed by atoms with E-state index < -0.39 is 35.6 Å². The summed E-state index contributed by atoms with van der Waals surface area (Å²) < 4.78 is 12.3. The summed E-state index contributed by atoms with van der Waals surface area (Å²) in [5, 5.41) is 6.27. The molecule has 1 fully saturated rings. The zero-order valence-corrected chi connectivity index (χ0v) is 16.8. The number of rotatable bonds is 6. The lowest BCUT2D eigenvalue weighted by molar-refractivity contribution is -0.114. The Labute approximate surface area is 175 Å². The summed E-state index contributed by atoms with van der Waals surface area (Å²) >= 11 is 0. The minimum absolute atomic E-state index is 0.170. The Bertz CT molecular complexity index is 1150. The molecule has 31 heavy (non-hydrogen) atoms. The normalized spacial score (nSPS) is 20.0. The second kappa shape index (κ2) is 9.28. The number of esters is 1. The van der Waals surface area contributed by atoms with E-state index in [0.717, 1.165) is 0 Å². The fraction of sp³-hybridized carbons (Fsp3) is 0.368. The Balaban J connectivity index is 1.68. The molecule has 2 aromatic rings. The second-order valence-corrected chi connectivity index (χ2v) is 6.97. The number of aryl methyl sites for hydroxylation is 1. The summed E-state index contributed by atoms with van der Waals surface area (Å²) in [6.45, 7) is 2.72. The molecular weight excluding hydrogens is 408 g/mol. The molecule has 0 bridgehead atoms. The molecule has 1 amide bonds. The predicted molar refractivity (Wildman–Crippen MR) is 109 cm³/mol. The molecule has 2 heterocycles. The van der Waals surface area contributed by atoms with Crippen molar-refractivity contribution >= 4 is 17.6 Å². The van der Waals surface area contributed by atoms with Crippen LogP contribution in [0.2, 0.25) is 0 Å². The highest BCUT2D eigenvalue weighted by atomic mass is 16.6. The number of nitrogens with one attached hydrogen (secondary N) is 2. The highest BCUT2D eigenvalue weighted by Crippen LogP contribution is 2.30. The van der Waals surface area contributed by atoms with Crippen LogP contribution in [0.3, 0.4) is 0 Å². The maximum atomic E-state index is 12.3. The lowest BCUT2D eigenvalue weighted by Crippen LogP contribution is -2.33. The van der Waals surface area contributed by atoms with E-state index in [9.17, 15) is 19.2 Å². The number of hydrogen-bond acceptors (Lipinski definition) is 7. The van der Waals surface area contributed by atoms with Gasteiger partial charge in [0.2, 0.25) is 5.91 Å². The molecule has 3 rings (SSSR count). The standard InChI is InChI=1S/C19H20N6O6/c1-10-8-25(19(29)22-17(10)27)16-7-14(23-24-20)15(31-16)9-30-18(28)12-3-5-13(6-4-12)21-11(2)26/h3-6,8,14-16H,7,9H2,1-2H3,(H,21,26)(H,22,27,29). The molecule has 1 aromatic heterocycles. The Kier molecular flexibility index (Phi) is 6.53. The molecule has 1 aliphatic heterocycles. The number of amides is 1. The fourth-order valence-corrected chi connectivity index (χ4v) is 3.16. The summed E-state index contributed by atoms with van der Waals surface area (Å²) in [5.41, 5.74) is 8.79. The van der Waals surface area contributed by atoms with Crippen LogP contribution >= 0.6 is 0 Å². The maximum Gasteiger partial charge on any atom is 0.338 e. The zero-order chi connectivity index (χ0) is 22.5. The first-order valence-electron chi connectivity index (χ1n) is 9.35. The second-order valence-electron chi connectivity index (χ2n) is 6.97. The summed E-state index contributed by atoms with van der Waals surface area (Å²) in [4.78, 5) is 52.0. The van der Waals surface area contributed by atoms with Gasteiger partial charge in [-0.3, -0.25) is 19.1 Å². The van der Waals surface area contributed by atoms with Gasteiger partial charge in [-0.15, -0.1) is 0 Å². The minimum atomic E-state index is -0.792. The molecule has 3 unspecified atom stereocenters. The van der Waals surface area contributed by atoms with Crippen molar-refractivity contribution in [2.24, 2.45) is 5.11 Å². The number of nitrogens with zero attached hydrogens (tertiary/aromatic N) is 4. The predicted octanol–water partition coefficient (Wildman–Crippen LogP) is 1.63. The number of anilines is 1. The average molecular weight is 428 g/mol. The monoisotopic (exact) mass is 428 g/mol. The molecule has 3 atom stereocenters. The number of carbonyl (C=O) groups is 2. The number of aromatic nitrogens is 2. The van der Waals surface area contributed by atoms with Gasteiger partial charge in [-0.05, 0) is 36.7 Å². The van der Waals surface area contributed by atoms with E-state index in [2.05, 4.69) is 20.3 Å². The quantitative estimate of drug-likeness (QED) is 0.307. The van der Waals surface area contributed by atoms with E-state index >= 15 is 0 Å². The van der Waals surface area contributed by atoms with Crippen LogP contribution in [-0.4, -0.2) is 40.2 Å². The summed E-state index contributed by atoms with van der Waals surface area (Å²) in [6, 6.07) is 5.45. The van der Waals surface area contributed by atoms with Crippen LogP contribution in [-0.2, 0) is 14.3 Å². The third-order valence-electron chi connectivity index (χ3n) is 4.68. The fourth-order valence-electron chi connectivity index (χ4n) is 3.16. The third-order valence-corrected chi connectivity index (χ3v) is 4.68. The largest absolute Gasteiger partial charge is 0.459 e. The Morgan fingerprint density at radius 3 is 2.71 bits per heavy atom. The lowest BCUT2D eigenvalue weighted by Gasteiger charge is -2.17.